The van der Waals surface area contributed by atoms with Crippen molar-refractivity contribution in [3.05, 3.63) is 35.4 Å². The van der Waals surface area contributed by atoms with E-state index in [0.717, 1.165) is 31.6 Å². The summed E-state index contributed by atoms with van der Waals surface area (Å²) in [5.41, 5.74) is 2.29. The van der Waals surface area contributed by atoms with E-state index in [1.54, 1.807) is 0 Å². The number of rotatable bonds is 1. The van der Waals surface area contributed by atoms with Crippen molar-refractivity contribution in [1.29, 1.82) is 0 Å². The third-order valence-corrected chi connectivity index (χ3v) is 3.90. The van der Waals surface area contributed by atoms with Gasteiger partial charge in [0.25, 0.3) is 5.91 Å². The fourth-order valence-electron chi connectivity index (χ4n) is 2.90. The van der Waals surface area contributed by atoms with E-state index in [9.17, 15) is 4.79 Å². The molecule has 2 aliphatic rings. The Morgan fingerprint density at radius 1 is 1.42 bits per heavy atom. The number of hydrogen-bond acceptors (Lipinski definition) is 3. The van der Waals surface area contributed by atoms with Gasteiger partial charge in [0.1, 0.15) is 0 Å². The van der Waals surface area contributed by atoms with Crippen molar-refractivity contribution in [3.8, 4) is 0 Å². The molecule has 0 aromatic heterocycles. The number of carbonyl (C=O) groups excluding carboxylic acids is 1. The summed E-state index contributed by atoms with van der Waals surface area (Å²) in [6.07, 6.45) is 0.494. The average Bonchev–Trinajstić information content (AvgIpc) is 2.46. The number of nitrogens with one attached hydrogen (secondary N) is 1. The lowest BCUT2D eigenvalue weighted by atomic mass is 9.96. The van der Waals surface area contributed by atoms with Gasteiger partial charge < -0.3 is 15.0 Å². The molecule has 1 N–H and O–H groups in total. The molecule has 0 bridgehead atoms. The molecule has 2 atom stereocenters. The Morgan fingerprint density at radius 2 is 2.26 bits per heavy atom. The maximum Gasteiger partial charge on any atom is 0.256 e. The second-order valence-corrected chi connectivity index (χ2v) is 5.34. The van der Waals surface area contributed by atoms with Crippen LogP contribution in [0.4, 0.5) is 0 Å². The lowest BCUT2D eigenvalue weighted by Gasteiger charge is -2.35. The Bertz CT molecular complexity index is 475. The maximum atomic E-state index is 12.6. The quantitative estimate of drug-likeness (QED) is 0.823. The van der Waals surface area contributed by atoms with Crippen LogP contribution < -0.4 is 5.32 Å². The van der Waals surface area contributed by atoms with E-state index in [1.807, 2.05) is 23.1 Å². The second kappa shape index (κ2) is 5.31. The van der Waals surface area contributed by atoms with Gasteiger partial charge in [-0.2, -0.15) is 0 Å². The van der Waals surface area contributed by atoms with Gasteiger partial charge in [0.2, 0.25) is 0 Å². The molecule has 19 heavy (non-hydrogen) atoms. The lowest BCUT2D eigenvalue weighted by Crippen LogP contribution is -2.53. The van der Waals surface area contributed by atoms with Gasteiger partial charge >= 0.3 is 0 Å². The number of piperazine rings is 1. The molecular formula is C15H20N2O2. The van der Waals surface area contributed by atoms with E-state index in [1.165, 1.54) is 5.56 Å². The molecule has 0 radical (unpaired) electrons. The van der Waals surface area contributed by atoms with Crippen molar-refractivity contribution in [2.75, 3.05) is 26.2 Å². The minimum Gasteiger partial charge on any atom is -0.363 e. The van der Waals surface area contributed by atoms with Gasteiger partial charge in [-0.3, -0.25) is 4.79 Å². The highest BCUT2D eigenvalue weighted by Gasteiger charge is 2.32. The van der Waals surface area contributed by atoms with Crippen LogP contribution in [0.2, 0.25) is 0 Å². The minimum atomic E-state index is -0.407. The number of benzene rings is 1. The van der Waals surface area contributed by atoms with Gasteiger partial charge in [-0.15, -0.1) is 0 Å². The van der Waals surface area contributed by atoms with E-state index < -0.39 is 6.10 Å². The van der Waals surface area contributed by atoms with E-state index in [2.05, 4.69) is 18.3 Å². The highest BCUT2D eigenvalue weighted by molar-refractivity contribution is 5.83. The van der Waals surface area contributed by atoms with E-state index in [4.69, 9.17) is 4.74 Å². The number of ether oxygens (including phenoxy) is 1. The predicted molar refractivity (Wildman–Crippen MR) is 72.9 cm³/mol. The zero-order valence-corrected chi connectivity index (χ0v) is 11.3. The van der Waals surface area contributed by atoms with Crippen LogP contribution in [-0.4, -0.2) is 43.1 Å². The largest absolute Gasteiger partial charge is 0.363 e. The number of hydrogen-bond donors (Lipinski definition) is 1. The highest BCUT2D eigenvalue weighted by Crippen LogP contribution is 2.28. The third kappa shape index (κ3) is 2.51. The number of nitrogens with zero attached hydrogens (tertiary/aromatic N) is 1. The first-order valence-corrected chi connectivity index (χ1v) is 6.97. The van der Waals surface area contributed by atoms with Crippen molar-refractivity contribution in [1.82, 2.24) is 10.2 Å². The molecule has 1 fully saturated rings. The molecule has 0 saturated carbocycles. The molecule has 102 valence electrons. The smallest absolute Gasteiger partial charge is 0.256 e. The van der Waals surface area contributed by atoms with Gasteiger partial charge in [0.15, 0.2) is 6.10 Å². The third-order valence-electron chi connectivity index (χ3n) is 3.90. The molecule has 1 unspecified atom stereocenters. The summed E-state index contributed by atoms with van der Waals surface area (Å²) in [7, 11) is 0. The van der Waals surface area contributed by atoms with Crippen LogP contribution in [0.3, 0.4) is 0 Å². The zero-order valence-electron chi connectivity index (χ0n) is 11.3. The summed E-state index contributed by atoms with van der Waals surface area (Å²) in [6, 6.07) is 8.48. The van der Waals surface area contributed by atoms with E-state index in [-0.39, 0.29) is 5.91 Å². The molecule has 2 aliphatic heterocycles. The van der Waals surface area contributed by atoms with E-state index >= 15 is 0 Å². The Labute approximate surface area is 113 Å². The molecule has 4 nitrogen and oxygen atoms in total. The monoisotopic (exact) mass is 260 g/mol. The van der Waals surface area contributed by atoms with Gasteiger partial charge in [-0.25, -0.2) is 0 Å². The Balaban J connectivity index is 1.81. The first-order chi connectivity index (χ1) is 9.25. The van der Waals surface area contributed by atoms with Crippen LogP contribution in [0.15, 0.2) is 24.3 Å². The molecule has 0 aliphatic carbocycles. The summed E-state index contributed by atoms with van der Waals surface area (Å²) >= 11 is 0. The molecule has 1 aromatic rings. The fourth-order valence-corrected chi connectivity index (χ4v) is 2.90. The summed E-state index contributed by atoms with van der Waals surface area (Å²) in [5.74, 6) is 0.112. The zero-order chi connectivity index (χ0) is 13.2. The Morgan fingerprint density at radius 3 is 3.11 bits per heavy atom. The summed E-state index contributed by atoms with van der Waals surface area (Å²) in [4.78, 5) is 14.6. The van der Waals surface area contributed by atoms with Crippen molar-refractivity contribution in [2.45, 2.75) is 25.5 Å². The second-order valence-electron chi connectivity index (χ2n) is 5.34. The maximum absolute atomic E-state index is 12.6. The van der Waals surface area contributed by atoms with Gasteiger partial charge in [0.05, 0.1) is 6.61 Å². The van der Waals surface area contributed by atoms with Crippen LogP contribution in [0.1, 0.15) is 24.2 Å². The standard InChI is InChI=1S/C15H20N2O2/c1-11-10-17(8-7-16-11)15(18)14-13-5-3-2-4-12(13)6-9-19-14/h2-5,11,14,16H,6-10H2,1H3/t11-,14?/m0/s1. The van der Waals surface area contributed by atoms with E-state index in [0.29, 0.717) is 12.6 Å². The van der Waals surface area contributed by atoms with Crippen molar-refractivity contribution in [2.24, 2.45) is 0 Å². The SMILES string of the molecule is C[C@H]1CN(C(=O)C2OCCc3ccccc32)CCN1. The summed E-state index contributed by atoms with van der Waals surface area (Å²) in [6.45, 7) is 5.14. The first kappa shape index (κ1) is 12.6. The van der Waals surface area contributed by atoms with Crippen molar-refractivity contribution >= 4 is 5.91 Å². The molecule has 4 heteroatoms. The first-order valence-electron chi connectivity index (χ1n) is 6.97. The minimum absolute atomic E-state index is 0.112. The Hall–Kier alpha value is -1.39. The molecule has 1 aromatic carbocycles. The highest BCUT2D eigenvalue weighted by atomic mass is 16.5. The topological polar surface area (TPSA) is 41.6 Å². The number of amides is 1. The number of fused-ring (bicyclic) bond motifs is 1. The van der Waals surface area contributed by atoms with Crippen molar-refractivity contribution < 1.29 is 9.53 Å². The van der Waals surface area contributed by atoms with Crippen LogP contribution in [0, 0.1) is 0 Å². The van der Waals surface area contributed by atoms with Gasteiger partial charge in [-0.1, -0.05) is 24.3 Å². The van der Waals surface area contributed by atoms with Crippen LogP contribution in [0.5, 0.6) is 0 Å². The fraction of sp³-hybridized carbons (Fsp3) is 0.533. The average molecular weight is 260 g/mol. The molecular weight excluding hydrogens is 240 g/mol. The lowest BCUT2D eigenvalue weighted by molar-refractivity contribution is -0.146. The molecule has 1 saturated heterocycles. The normalized spacial score (nSPS) is 26.9. The van der Waals surface area contributed by atoms with Crippen molar-refractivity contribution in [3.63, 3.8) is 0 Å². The van der Waals surface area contributed by atoms with Crippen LogP contribution in [0.25, 0.3) is 0 Å². The summed E-state index contributed by atoms with van der Waals surface area (Å²) < 4.78 is 5.74. The molecule has 1 amide bonds. The van der Waals surface area contributed by atoms with Gasteiger partial charge in [0, 0.05) is 25.7 Å². The predicted octanol–water partition coefficient (Wildman–Crippen LogP) is 1.12. The summed E-state index contributed by atoms with van der Waals surface area (Å²) in [5, 5.41) is 3.35. The van der Waals surface area contributed by atoms with Crippen LogP contribution >= 0.6 is 0 Å². The molecule has 0 spiro atoms. The molecule has 2 heterocycles. The van der Waals surface area contributed by atoms with Gasteiger partial charge in [-0.05, 0) is 24.5 Å². The number of carbonyl (C=O) groups is 1. The van der Waals surface area contributed by atoms with Crippen LogP contribution in [-0.2, 0) is 16.0 Å². The molecule has 3 rings (SSSR count). The Kier molecular flexibility index (Phi) is 3.53.